The van der Waals surface area contributed by atoms with Crippen LogP contribution in [-0.4, -0.2) is 70.0 Å². The van der Waals surface area contributed by atoms with Gasteiger partial charge >= 0.3 is 12.0 Å². The first-order valence-corrected chi connectivity index (χ1v) is 14.7. The maximum Gasteiger partial charge on any atom is 0.337 e. The number of aromatic nitrogens is 1. The molecule has 0 saturated carbocycles. The van der Waals surface area contributed by atoms with E-state index < -0.39 is 0 Å². The van der Waals surface area contributed by atoms with Gasteiger partial charge in [-0.1, -0.05) is 48.2 Å². The molecular weight excluding hydrogens is 520 g/mol. The Morgan fingerprint density at radius 1 is 1.00 bits per heavy atom. The number of ether oxygens (including phenoxy) is 1. The lowest BCUT2D eigenvalue weighted by atomic mass is 9.98. The number of amides is 2. The zero-order valence-electron chi connectivity index (χ0n) is 23.7. The van der Waals surface area contributed by atoms with Gasteiger partial charge in [-0.3, -0.25) is 4.90 Å². The van der Waals surface area contributed by atoms with E-state index in [4.69, 9.17) is 4.74 Å². The molecule has 0 unspecified atom stereocenters. The lowest BCUT2D eigenvalue weighted by molar-refractivity contribution is 0.0600. The summed E-state index contributed by atoms with van der Waals surface area (Å²) in [7, 11) is 1.38. The van der Waals surface area contributed by atoms with Gasteiger partial charge in [0.15, 0.2) is 0 Å². The van der Waals surface area contributed by atoms with Crippen molar-refractivity contribution in [1.29, 1.82) is 0 Å². The number of esters is 1. The van der Waals surface area contributed by atoms with Crippen LogP contribution in [0.4, 0.5) is 4.79 Å². The van der Waals surface area contributed by atoms with Gasteiger partial charge in [0, 0.05) is 48.9 Å². The third kappa shape index (κ3) is 6.34. The number of pyridine rings is 1. The van der Waals surface area contributed by atoms with E-state index in [9.17, 15) is 9.59 Å². The second-order valence-electron chi connectivity index (χ2n) is 11.5. The summed E-state index contributed by atoms with van der Waals surface area (Å²) in [5.41, 5.74) is 2.73. The summed E-state index contributed by atoms with van der Waals surface area (Å²) in [6.07, 6.45) is 3.89. The van der Waals surface area contributed by atoms with Crippen LogP contribution in [0.5, 0.6) is 0 Å². The number of urea groups is 1. The Morgan fingerprint density at radius 3 is 2.30 bits per heavy atom. The molecule has 2 fully saturated rings. The SMILES string of the molecule is COC(=O)c1ccc(Sc2ccc(CN3CCC(N4C(=O)N(C(C)(C)C)C[C@H]4c4ccccc4)CC3)cn2)cc1. The topological polar surface area (TPSA) is 66.0 Å². The first-order valence-electron chi connectivity index (χ1n) is 13.9. The first kappa shape index (κ1) is 28.2. The summed E-state index contributed by atoms with van der Waals surface area (Å²) in [4.78, 5) is 37.6. The van der Waals surface area contributed by atoms with Gasteiger partial charge in [0.1, 0.15) is 5.03 Å². The summed E-state index contributed by atoms with van der Waals surface area (Å²) < 4.78 is 4.76. The Balaban J connectivity index is 1.18. The Morgan fingerprint density at radius 2 is 1.70 bits per heavy atom. The summed E-state index contributed by atoms with van der Waals surface area (Å²) in [5.74, 6) is -0.335. The molecular formula is C32H38N4O3S. The predicted octanol–water partition coefficient (Wildman–Crippen LogP) is 6.26. The van der Waals surface area contributed by atoms with E-state index in [1.807, 2.05) is 29.3 Å². The van der Waals surface area contributed by atoms with Crippen LogP contribution in [0.25, 0.3) is 0 Å². The fourth-order valence-electron chi connectivity index (χ4n) is 5.60. The summed E-state index contributed by atoms with van der Waals surface area (Å²) in [6.45, 7) is 9.86. The molecule has 2 amide bonds. The quantitative estimate of drug-likeness (QED) is 0.319. The van der Waals surface area contributed by atoms with E-state index in [0.717, 1.165) is 48.9 Å². The number of rotatable bonds is 7. The maximum absolute atomic E-state index is 13.6. The number of hydrogen-bond acceptors (Lipinski definition) is 6. The van der Waals surface area contributed by atoms with Gasteiger partial charge in [-0.05, 0) is 75.1 Å². The van der Waals surface area contributed by atoms with Crippen LogP contribution < -0.4 is 0 Å². The molecule has 1 atom stereocenters. The highest BCUT2D eigenvalue weighted by atomic mass is 32.2. The van der Waals surface area contributed by atoms with Gasteiger partial charge in [0.25, 0.3) is 0 Å². The molecule has 40 heavy (non-hydrogen) atoms. The molecule has 0 bridgehead atoms. The molecule has 3 aromatic rings. The minimum Gasteiger partial charge on any atom is -0.465 e. The largest absolute Gasteiger partial charge is 0.465 e. The third-order valence-electron chi connectivity index (χ3n) is 7.79. The van der Waals surface area contributed by atoms with Crippen LogP contribution in [0.1, 0.15) is 61.1 Å². The summed E-state index contributed by atoms with van der Waals surface area (Å²) in [5, 5.41) is 0.913. The van der Waals surface area contributed by atoms with Crippen molar-refractivity contribution < 1.29 is 14.3 Å². The van der Waals surface area contributed by atoms with Crippen molar-refractivity contribution in [3.63, 3.8) is 0 Å². The van der Waals surface area contributed by atoms with E-state index in [1.165, 1.54) is 18.2 Å². The van der Waals surface area contributed by atoms with Gasteiger partial charge in [-0.25, -0.2) is 14.6 Å². The number of nitrogens with zero attached hydrogens (tertiary/aromatic N) is 4. The van der Waals surface area contributed by atoms with E-state index in [-0.39, 0.29) is 29.6 Å². The van der Waals surface area contributed by atoms with Crippen LogP contribution >= 0.6 is 11.8 Å². The van der Waals surface area contributed by atoms with Crippen LogP contribution in [0.3, 0.4) is 0 Å². The third-order valence-corrected chi connectivity index (χ3v) is 8.75. The molecule has 2 saturated heterocycles. The van der Waals surface area contributed by atoms with Crippen molar-refractivity contribution in [1.82, 2.24) is 19.7 Å². The summed E-state index contributed by atoms with van der Waals surface area (Å²) >= 11 is 1.57. The van der Waals surface area contributed by atoms with E-state index >= 15 is 0 Å². The van der Waals surface area contributed by atoms with Crippen molar-refractivity contribution in [3.05, 3.63) is 89.6 Å². The van der Waals surface area contributed by atoms with E-state index in [1.54, 1.807) is 23.9 Å². The molecule has 2 aliphatic heterocycles. The van der Waals surface area contributed by atoms with Crippen molar-refractivity contribution in [2.45, 2.75) is 67.7 Å². The first-order chi connectivity index (χ1) is 19.2. The van der Waals surface area contributed by atoms with E-state index in [0.29, 0.717) is 5.56 Å². The van der Waals surface area contributed by atoms with Gasteiger partial charge in [-0.2, -0.15) is 0 Å². The smallest absolute Gasteiger partial charge is 0.337 e. The second-order valence-corrected chi connectivity index (χ2v) is 12.6. The minimum absolute atomic E-state index is 0.0930. The number of benzene rings is 2. The number of carbonyl (C=O) groups excluding carboxylic acids is 2. The highest BCUT2D eigenvalue weighted by molar-refractivity contribution is 7.99. The monoisotopic (exact) mass is 558 g/mol. The Bertz CT molecular complexity index is 1300. The number of methoxy groups -OCH3 is 1. The van der Waals surface area contributed by atoms with Crippen LogP contribution in [0.15, 0.2) is 82.8 Å². The number of likely N-dealkylation sites (tertiary alicyclic amines) is 1. The normalized spacial score (nSPS) is 18.8. The number of carbonyl (C=O) groups is 2. The molecule has 8 heteroatoms. The minimum atomic E-state index is -0.335. The standard InChI is InChI=1S/C32H38N4O3S/c1-32(2,3)35-22-28(24-8-6-5-7-9-24)36(31(35)38)26-16-18-34(19-17-26)21-23-10-15-29(33-20-23)40-27-13-11-25(12-14-27)30(37)39-4/h5-15,20,26,28H,16-19,21-22H2,1-4H3/t28-/m0/s1. The molecule has 1 aromatic heterocycles. The van der Waals surface area contributed by atoms with Gasteiger partial charge in [0.2, 0.25) is 0 Å². The van der Waals surface area contributed by atoms with E-state index in [2.05, 4.69) is 72.0 Å². The highest BCUT2D eigenvalue weighted by Gasteiger charge is 2.46. The average molecular weight is 559 g/mol. The molecule has 3 heterocycles. The van der Waals surface area contributed by atoms with Gasteiger partial charge < -0.3 is 14.5 Å². The molecule has 0 radical (unpaired) electrons. The molecule has 7 nitrogen and oxygen atoms in total. The maximum atomic E-state index is 13.6. The van der Waals surface area contributed by atoms with Gasteiger partial charge in [-0.15, -0.1) is 0 Å². The van der Waals surface area contributed by atoms with Crippen molar-refractivity contribution >= 4 is 23.8 Å². The van der Waals surface area contributed by atoms with Crippen molar-refractivity contribution in [2.24, 2.45) is 0 Å². The Hall–Kier alpha value is -3.36. The Kier molecular flexibility index (Phi) is 8.47. The van der Waals surface area contributed by atoms with Crippen molar-refractivity contribution in [3.8, 4) is 0 Å². The fourth-order valence-corrected chi connectivity index (χ4v) is 6.36. The molecule has 210 valence electrons. The lowest BCUT2D eigenvalue weighted by Crippen LogP contribution is -2.49. The molecule has 2 aromatic carbocycles. The lowest BCUT2D eigenvalue weighted by Gasteiger charge is -2.39. The van der Waals surface area contributed by atoms with Gasteiger partial charge in [0.05, 0.1) is 18.7 Å². The number of hydrogen-bond donors (Lipinski definition) is 0. The van der Waals surface area contributed by atoms with Crippen LogP contribution in [-0.2, 0) is 11.3 Å². The summed E-state index contributed by atoms with van der Waals surface area (Å²) in [6, 6.07) is 22.5. The Labute approximate surface area is 241 Å². The molecule has 0 N–H and O–H groups in total. The molecule has 2 aliphatic rings. The zero-order valence-corrected chi connectivity index (χ0v) is 24.6. The fraction of sp³-hybridized carbons (Fsp3) is 0.406. The molecule has 0 aliphatic carbocycles. The highest BCUT2D eigenvalue weighted by Crippen LogP contribution is 2.37. The average Bonchev–Trinajstić information content (AvgIpc) is 3.32. The zero-order chi connectivity index (χ0) is 28.3. The van der Waals surface area contributed by atoms with Crippen molar-refractivity contribution in [2.75, 3.05) is 26.7 Å². The second kappa shape index (κ2) is 12.0. The van der Waals surface area contributed by atoms with Crippen LogP contribution in [0, 0.1) is 0 Å². The predicted molar refractivity (Wildman–Crippen MR) is 157 cm³/mol. The molecule has 0 spiro atoms. The number of piperidine rings is 1. The molecule has 5 rings (SSSR count). The van der Waals surface area contributed by atoms with Crippen LogP contribution in [0.2, 0.25) is 0 Å².